The van der Waals surface area contributed by atoms with E-state index in [-0.39, 0.29) is 18.4 Å². The number of hydrogen-bond donors (Lipinski definition) is 1. The van der Waals surface area contributed by atoms with Crippen molar-refractivity contribution < 1.29 is 19.1 Å². The summed E-state index contributed by atoms with van der Waals surface area (Å²) in [4.78, 5) is 24.3. The molecule has 0 radical (unpaired) electrons. The molecule has 0 aromatic rings. The van der Waals surface area contributed by atoms with Crippen molar-refractivity contribution in [2.24, 2.45) is 0 Å². The lowest BCUT2D eigenvalue weighted by molar-refractivity contribution is -0.146. The molecule has 0 fully saturated rings. The molecule has 0 heterocycles. The first-order valence-electron chi connectivity index (χ1n) is 5.56. The van der Waals surface area contributed by atoms with Gasteiger partial charge in [-0.25, -0.2) is 0 Å². The highest BCUT2D eigenvalue weighted by Crippen LogP contribution is 1.97. The van der Waals surface area contributed by atoms with Crippen LogP contribution in [0.15, 0.2) is 0 Å². The van der Waals surface area contributed by atoms with E-state index in [1.807, 2.05) is 0 Å². The number of ether oxygens (including phenoxy) is 2. The summed E-state index contributed by atoms with van der Waals surface area (Å²) in [5.74, 6) is -0.459. The molecule has 0 aliphatic rings. The van der Waals surface area contributed by atoms with Crippen molar-refractivity contribution in [3.63, 3.8) is 0 Å². The highest BCUT2D eigenvalue weighted by molar-refractivity contribution is 5.80. The van der Waals surface area contributed by atoms with Gasteiger partial charge in [0, 0.05) is 20.3 Å². The molecule has 100 valence electrons. The first-order valence-corrected chi connectivity index (χ1v) is 5.56. The van der Waals surface area contributed by atoms with Crippen LogP contribution in [-0.2, 0) is 19.1 Å². The summed E-state index contributed by atoms with van der Waals surface area (Å²) in [7, 11) is 4.65. The quantitative estimate of drug-likeness (QED) is 0.467. The van der Waals surface area contributed by atoms with Crippen LogP contribution in [0.3, 0.4) is 0 Å². The van der Waals surface area contributed by atoms with E-state index in [1.54, 1.807) is 26.0 Å². The maximum absolute atomic E-state index is 11.5. The number of nitrogens with one attached hydrogen (secondary N) is 1. The lowest BCUT2D eigenvalue weighted by Crippen LogP contribution is -2.43. The Labute approximate surface area is 102 Å². The van der Waals surface area contributed by atoms with Gasteiger partial charge in [-0.1, -0.05) is 0 Å². The number of esters is 1. The molecule has 6 heteroatoms. The summed E-state index contributed by atoms with van der Waals surface area (Å²) >= 11 is 0. The van der Waals surface area contributed by atoms with Gasteiger partial charge in [0.1, 0.15) is 6.04 Å². The first-order chi connectivity index (χ1) is 8.02. The normalized spacial score (nSPS) is 12.3. The van der Waals surface area contributed by atoms with Gasteiger partial charge in [0.15, 0.2) is 0 Å². The Hall–Kier alpha value is -1.14. The Balaban J connectivity index is 3.83. The number of likely N-dealkylation sites (N-methyl/N-ethyl adjacent to an activating group) is 1. The Morgan fingerprint density at radius 3 is 2.53 bits per heavy atom. The second kappa shape index (κ2) is 8.95. The highest BCUT2D eigenvalue weighted by Gasteiger charge is 2.20. The second-order valence-electron chi connectivity index (χ2n) is 3.81. The van der Waals surface area contributed by atoms with Gasteiger partial charge in [-0.05, 0) is 20.4 Å². The van der Waals surface area contributed by atoms with Crippen LogP contribution in [0.4, 0.5) is 0 Å². The monoisotopic (exact) mass is 246 g/mol. The summed E-state index contributed by atoms with van der Waals surface area (Å²) < 4.78 is 9.47. The average Bonchev–Trinajstić information content (AvgIpc) is 2.32. The molecule has 0 saturated heterocycles. The van der Waals surface area contributed by atoms with Gasteiger partial charge in [0.25, 0.3) is 0 Å². The van der Waals surface area contributed by atoms with Crippen LogP contribution < -0.4 is 5.32 Å². The summed E-state index contributed by atoms with van der Waals surface area (Å²) in [5.41, 5.74) is 0. The predicted octanol–water partition coefficient (Wildman–Crippen LogP) is -0.368. The second-order valence-corrected chi connectivity index (χ2v) is 3.81. The Kier molecular flexibility index (Phi) is 8.35. The molecular formula is C11H22N2O4. The number of nitrogens with zero attached hydrogens (tertiary/aromatic N) is 1. The van der Waals surface area contributed by atoms with E-state index in [2.05, 4.69) is 10.1 Å². The van der Waals surface area contributed by atoms with Gasteiger partial charge in [0.2, 0.25) is 5.91 Å². The van der Waals surface area contributed by atoms with Crippen molar-refractivity contribution >= 4 is 11.9 Å². The predicted molar refractivity (Wildman–Crippen MR) is 63.6 cm³/mol. The number of methoxy groups -OCH3 is 2. The average molecular weight is 246 g/mol. The molecule has 0 spiro atoms. The molecule has 6 nitrogen and oxygen atoms in total. The van der Waals surface area contributed by atoms with Crippen molar-refractivity contribution in [2.45, 2.75) is 19.4 Å². The zero-order valence-electron chi connectivity index (χ0n) is 11.0. The summed E-state index contributed by atoms with van der Waals surface area (Å²) in [6.45, 7) is 3.06. The fraction of sp³-hybridized carbons (Fsp3) is 0.818. The van der Waals surface area contributed by atoms with E-state index in [0.717, 1.165) is 6.42 Å². The van der Waals surface area contributed by atoms with E-state index in [9.17, 15) is 9.59 Å². The summed E-state index contributed by atoms with van der Waals surface area (Å²) in [6, 6.07) is -0.426. The molecule has 0 bridgehead atoms. The number of carbonyl (C=O) groups is 2. The maximum Gasteiger partial charge on any atom is 0.322 e. The van der Waals surface area contributed by atoms with Gasteiger partial charge in [-0.15, -0.1) is 0 Å². The molecule has 0 saturated carbocycles. The molecule has 0 rings (SSSR count). The Bertz CT molecular complexity index is 246. The topological polar surface area (TPSA) is 67.9 Å². The van der Waals surface area contributed by atoms with Crippen LogP contribution in [0.5, 0.6) is 0 Å². The minimum atomic E-state index is -0.426. The number of amides is 1. The molecule has 0 aliphatic carbocycles. The molecule has 1 N–H and O–H groups in total. The van der Waals surface area contributed by atoms with Crippen LogP contribution >= 0.6 is 0 Å². The third-order valence-electron chi connectivity index (χ3n) is 2.44. The van der Waals surface area contributed by atoms with Gasteiger partial charge in [-0.2, -0.15) is 0 Å². The van der Waals surface area contributed by atoms with Crippen LogP contribution in [0.2, 0.25) is 0 Å². The molecule has 0 aliphatic heterocycles. The van der Waals surface area contributed by atoms with Crippen LogP contribution in [0.25, 0.3) is 0 Å². The van der Waals surface area contributed by atoms with E-state index in [4.69, 9.17) is 4.74 Å². The third kappa shape index (κ3) is 6.91. The van der Waals surface area contributed by atoms with Crippen LogP contribution in [-0.4, -0.2) is 63.8 Å². The van der Waals surface area contributed by atoms with Crippen molar-refractivity contribution in [1.29, 1.82) is 0 Å². The molecule has 1 amide bonds. The van der Waals surface area contributed by atoms with Crippen molar-refractivity contribution in [2.75, 3.05) is 41.0 Å². The lowest BCUT2D eigenvalue weighted by Gasteiger charge is -2.21. The zero-order chi connectivity index (χ0) is 13.3. The van der Waals surface area contributed by atoms with E-state index >= 15 is 0 Å². The largest absolute Gasteiger partial charge is 0.468 e. The Morgan fingerprint density at radius 1 is 1.35 bits per heavy atom. The standard InChI is InChI=1S/C11H22N2O4/c1-9(11(15)17-4)13(2)8-10(14)12-6-5-7-16-3/h9H,5-8H2,1-4H3,(H,12,14). The summed E-state index contributed by atoms with van der Waals surface area (Å²) in [5, 5.41) is 2.75. The maximum atomic E-state index is 11.5. The van der Waals surface area contributed by atoms with E-state index < -0.39 is 6.04 Å². The molecular weight excluding hydrogens is 224 g/mol. The van der Waals surface area contributed by atoms with Crippen molar-refractivity contribution in [3.05, 3.63) is 0 Å². The highest BCUT2D eigenvalue weighted by atomic mass is 16.5. The third-order valence-corrected chi connectivity index (χ3v) is 2.44. The van der Waals surface area contributed by atoms with Crippen LogP contribution in [0, 0.1) is 0 Å². The fourth-order valence-electron chi connectivity index (χ4n) is 1.21. The van der Waals surface area contributed by atoms with Gasteiger partial charge >= 0.3 is 5.97 Å². The smallest absolute Gasteiger partial charge is 0.322 e. The molecule has 0 aromatic carbocycles. The minimum Gasteiger partial charge on any atom is -0.468 e. The SMILES string of the molecule is COCCCNC(=O)CN(C)C(C)C(=O)OC. The van der Waals surface area contributed by atoms with Crippen molar-refractivity contribution in [1.82, 2.24) is 10.2 Å². The number of carbonyl (C=O) groups excluding carboxylic acids is 2. The van der Waals surface area contributed by atoms with E-state index in [1.165, 1.54) is 7.11 Å². The van der Waals surface area contributed by atoms with Crippen molar-refractivity contribution in [3.8, 4) is 0 Å². The molecule has 0 aromatic heterocycles. The minimum absolute atomic E-state index is 0.112. The Morgan fingerprint density at radius 2 is 2.00 bits per heavy atom. The number of hydrogen-bond acceptors (Lipinski definition) is 5. The van der Waals surface area contributed by atoms with Gasteiger partial charge in [-0.3, -0.25) is 14.5 Å². The first kappa shape index (κ1) is 15.9. The van der Waals surface area contributed by atoms with Gasteiger partial charge < -0.3 is 14.8 Å². The van der Waals surface area contributed by atoms with Crippen LogP contribution in [0.1, 0.15) is 13.3 Å². The van der Waals surface area contributed by atoms with Gasteiger partial charge in [0.05, 0.1) is 13.7 Å². The molecule has 17 heavy (non-hydrogen) atoms. The molecule has 1 unspecified atom stereocenters. The zero-order valence-corrected chi connectivity index (χ0v) is 11.0. The lowest BCUT2D eigenvalue weighted by atomic mass is 10.3. The molecule has 1 atom stereocenters. The fourth-order valence-corrected chi connectivity index (χ4v) is 1.21. The van der Waals surface area contributed by atoms with E-state index in [0.29, 0.717) is 13.2 Å². The summed E-state index contributed by atoms with van der Waals surface area (Å²) in [6.07, 6.45) is 0.776. The number of rotatable bonds is 8.